The Hall–Kier alpha value is -0.963. The van der Waals surface area contributed by atoms with Gasteiger partial charge in [-0.15, -0.1) is 0 Å². The maximum atomic E-state index is 13.4. The molecule has 0 aliphatic carbocycles. The molecule has 218 valence electrons. The minimum absolute atomic E-state index is 0. The molecule has 1 atom stereocenters. The fourth-order valence-electron chi connectivity index (χ4n) is 1.87. The Labute approximate surface area is 200 Å². The molecule has 26 heteroatoms. The molecule has 0 saturated heterocycles. The molecule has 37 heavy (non-hydrogen) atoms. The van der Waals surface area contributed by atoms with Crippen molar-refractivity contribution in [3.63, 3.8) is 0 Å². The Kier molecular flexibility index (Phi) is 9.90. The van der Waals surface area contributed by atoms with E-state index in [-0.39, 0.29) is 18.9 Å². The largest absolute Gasteiger partial charge is 1.00 e. The van der Waals surface area contributed by atoms with Gasteiger partial charge in [0.1, 0.15) is 10.1 Å². The standard InChI is InChI=1S/C11H3F21O3S.Li/c12-1(13)3(15,16)5(19,20)7(23,24)9(27,28)11(31,32)10(29,30)8(25,26)6(21,22)4(17,18)2(14)36(33,34)35;/h1-2H,(H,33,34,35);/q;+1/p-1. The molecule has 0 radical (unpaired) electrons. The molecule has 0 saturated carbocycles. The number of rotatable bonds is 11. The van der Waals surface area contributed by atoms with Gasteiger partial charge >= 0.3 is 78.6 Å². The topological polar surface area (TPSA) is 57.2 Å². The van der Waals surface area contributed by atoms with E-state index >= 15 is 0 Å². The number of hydrogen-bond acceptors (Lipinski definition) is 3. The van der Waals surface area contributed by atoms with Gasteiger partial charge in [0.2, 0.25) is 0 Å². The molecule has 0 heterocycles. The van der Waals surface area contributed by atoms with E-state index < -0.39 is 75.4 Å². The average Bonchev–Trinajstić information content (AvgIpc) is 2.64. The van der Waals surface area contributed by atoms with E-state index in [1.807, 2.05) is 0 Å². The van der Waals surface area contributed by atoms with E-state index in [9.17, 15) is 105 Å². The fraction of sp³-hybridized carbons (Fsp3) is 1.00. The normalized spacial score (nSPS) is 17.1. The van der Waals surface area contributed by atoms with Crippen molar-refractivity contribution >= 4 is 10.1 Å². The first-order valence-corrected chi connectivity index (χ1v) is 8.84. The predicted molar refractivity (Wildman–Crippen MR) is 65.1 cm³/mol. The summed E-state index contributed by atoms with van der Waals surface area (Å²) < 4.78 is 303. The van der Waals surface area contributed by atoms with Gasteiger partial charge in [0.05, 0.1) is 0 Å². The Morgan fingerprint density at radius 1 is 0.432 bits per heavy atom. The summed E-state index contributed by atoms with van der Waals surface area (Å²) in [6, 6.07) is 0. The van der Waals surface area contributed by atoms with Gasteiger partial charge in [0, 0.05) is 0 Å². The summed E-state index contributed by atoms with van der Waals surface area (Å²) in [6.45, 7) is 0. The zero-order chi connectivity index (χ0) is 30.2. The summed E-state index contributed by atoms with van der Waals surface area (Å²) in [4.78, 5) is 0. The van der Waals surface area contributed by atoms with Gasteiger partial charge in [-0.05, 0) is 0 Å². The zero-order valence-corrected chi connectivity index (χ0v) is 17.0. The first kappa shape index (κ1) is 38.2. The third-order valence-electron chi connectivity index (χ3n) is 4.02. The molecule has 0 aliphatic heterocycles. The molecule has 0 bridgehead atoms. The van der Waals surface area contributed by atoms with Crippen molar-refractivity contribution in [3.05, 3.63) is 0 Å². The summed E-state index contributed by atoms with van der Waals surface area (Å²) in [6.07, 6.45) is -6.21. The first-order valence-electron chi connectivity index (χ1n) is 7.37. The van der Waals surface area contributed by atoms with Gasteiger partial charge in [-0.2, -0.15) is 79.0 Å². The zero-order valence-electron chi connectivity index (χ0n) is 16.2. The van der Waals surface area contributed by atoms with Crippen LogP contribution in [0.3, 0.4) is 0 Å². The number of halogens is 21. The molecule has 0 aliphatic rings. The molecule has 1 unspecified atom stereocenters. The second-order valence-electron chi connectivity index (χ2n) is 6.38. The Bertz CT molecular complexity index is 928. The molecule has 0 N–H and O–H groups in total. The first-order chi connectivity index (χ1) is 15.1. The molecular weight excluding hydrogens is 618 g/mol. The summed E-state index contributed by atoms with van der Waals surface area (Å²) in [7, 11) is -7.61. The third-order valence-corrected chi connectivity index (χ3v) is 4.82. The fourth-order valence-corrected chi connectivity index (χ4v) is 2.38. The van der Waals surface area contributed by atoms with E-state index in [0.717, 1.165) is 0 Å². The second kappa shape index (κ2) is 9.60. The summed E-state index contributed by atoms with van der Waals surface area (Å²) in [5.41, 5.74) is -6.27. The summed E-state index contributed by atoms with van der Waals surface area (Å²) >= 11 is 0. The van der Waals surface area contributed by atoms with Crippen molar-refractivity contribution < 1.29 is 124 Å². The van der Waals surface area contributed by atoms with Gasteiger partial charge < -0.3 is 4.55 Å². The van der Waals surface area contributed by atoms with E-state index in [2.05, 4.69) is 0 Å². The van der Waals surface area contributed by atoms with Gasteiger partial charge in [-0.1, -0.05) is 0 Å². The number of alkyl halides is 21. The van der Waals surface area contributed by atoms with Crippen LogP contribution < -0.4 is 18.9 Å². The quantitative estimate of drug-likeness (QED) is 0.203. The minimum Gasteiger partial charge on any atom is -0.746 e. The minimum atomic E-state index is -9.32. The van der Waals surface area contributed by atoms with Crippen LogP contribution in [-0.2, 0) is 10.1 Å². The average molecular weight is 620 g/mol. The van der Waals surface area contributed by atoms with Crippen LogP contribution in [0, 0.1) is 0 Å². The molecule has 0 aromatic heterocycles. The van der Waals surface area contributed by atoms with E-state index in [1.165, 1.54) is 0 Å². The van der Waals surface area contributed by atoms with Crippen molar-refractivity contribution in [1.82, 2.24) is 0 Å². The third kappa shape index (κ3) is 4.82. The van der Waals surface area contributed by atoms with Crippen LogP contribution in [0.2, 0.25) is 0 Å². The Morgan fingerprint density at radius 2 is 0.622 bits per heavy atom. The SMILES string of the molecule is O=S(=O)([O-])C(F)C(F)(F)C(F)(F)C(F)(F)C(F)(F)C(F)(F)C(F)(F)C(F)(F)C(F)(F)C(F)(F)C(F)F.[Li+]. The van der Waals surface area contributed by atoms with Crippen LogP contribution in [0.5, 0.6) is 0 Å². The molecule has 0 amide bonds. The van der Waals surface area contributed by atoms with Gasteiger partial charge in [0.15, 0.2) is 0 Å². The van der Waals surface area contributed by atoms with Crippen LogP contribution in [-0.4, -0.2) is 78.2 Å². The molecule has 0 fully saturated rings. The maximum Gasteiger partial charge on any atom is 1.00 e. The van der Waals surface area contributed by atoms with Crippen LogP contribution in [0.4, 0.5) is 92.2 Å². The van der Waals surface area contributed by atoms with Gasteiger partial charge in [-0.25, -0.2) is 21.6 Å². The smallest absolute Gasteiger partial charge is 0.746 e. The van der Waals surface area contributed by atoms with E-state index in [0.29, 0.717) is 0 Å². The molecule has 0 aromatic carbocycles. The van der Waals surface area contributed by atoms with Crippen molar-refractivity contribution in [2.45, 2.75) is 65.2 Å². The predicted octanol–water partition coefficient (Wildman–Crippen LogP) is 2.81. The molecule has 0 rings (SSSR count). The van der Waals surface area contributed by atoms with Crippen LogP contribution in [0.15, 0.2) is 0 Å². The Morgan fingerprint density at radius 3 is 0.811 bits per heavy atom. The summed E-state index contributed by atoms with van der Waals surface area (Å²) in [5, 5.41) is 0. The van der Waals surface area contributed by atoms with E-state index in [1.54, 1.807) is 0 Å². The number of hydrogen-bond donors (Lipinski definition) is 0. The van der Waals surface area contributed by atoms with Crippen molar-refractivity contribution in [1.29, 1.82) is 0 Å². The van der Waals surface area contributed by atoms with Crippen molar-refractivity contribution in [3.8, 4) is 0 Å². The molecule has 0 aromatic rings. The van der Waals surface area contributed by atoms with Crippen molar-refractivity contribution in [2.24, 2.45) is 0 Å². The van der Waals surface area contributed by atoms with Crippen LogP contribution in [0.1, 0.15) is 0 Å². The van der Waals surface area contributed by atoms with Gasteiger partial charge in [0.25, 0.3) is 5.50 Å². The monoisotopic (exact) mass is 620 g/mol. The Balaban J connectivity index is 0. The molecule has 3 nitrogen and oxygen atoms in total. The molecule has 0 spiro atoms. The van der Waals surface area contributed by atoms with Gasteiger partial charge in [-0.3, -0.25) is 0 Å². The molecular formula is C11H2F21LiO3S. The summed E-state index contributed by atoms with van der Waals surface area (Å²) in [5.74, 6) is -79.3. The second-order valence-corrected chi connectivity index (χ2v) is 7.78. The van der Waals surface area contributed by atoms with Crippen LogP contribution >= 0.6 is 0 Å². The maximum absolute atomic E-state index is 13.4. The van der Waals surface area contributed by atoms with E-state index in [4.69, 9.17) is 0 Å². The van der Waals surface area contributed by atoms with Crippen molar-refractivity contribution in [2.75, 3.05) is 0 Å². The van der Waals surface area contributed by atoms with Crippen LogP contribution in [0.25, 0.3) is 0 Å².